The number of hydrogen-bond acceptors (Lipinski definition) is 5. The topological polar surface area (TPSA) is 28.0 Å². The second kappa shape index (κ2) is 24.8. The summed E-state index contributed by atoms with van der Waals surface area (Å²) in [5.74, 6) is 5.11. The van der Waals surface area contributed by atoms with Crippen molar-refractivity contribution in [3.63, 3.8) is 0 Å². The lowest BCUT2D eigenvalue weighted by Gasteiger charge is -2.26. The van der Waals surface area contributed by atoms with Gasteiger partial charge in [0.2, 0.25) is 0 Å². The molecule has 0 heterocycles. The van der Waals surface area contributed by atoms with Crippen LogP contribution in [0.4, 0.5) is 0 Å². The molecule has 0 spiro atoms. The highest BCUT2D eigenvalue weighted by atomic mass is 79.9. The lowest BCUT2D eigenvalue weighted by molar-refractivity contribution is -0.881. The van der Waals surface area contributed by atoms with Gasteiger partial charge in [-0.05, 0) is 44.5 Å². The zero-order valence-corrected chi connectivity index (χ0v) is 19.6. The summed E-state index contributed by atoms with van der Waals surface area (Å²) in [6, 6.07) is 0. The van der Waals surface area contributed by atoms with Gasteiger partial charge >= 0.3 is 0 Å². The van der Waals surface area contributed by atoms with Crippen molar-refractivity contribution in [2.45, 2.75) is 0 Å². The predicted octanol–water partition coefficient (Wildman–Crippen LogP) is -0.532. The number of nitrogens with zero attached hydrogens (tertiary/aromatic N) is 4. The van der Waals surface area contributed by atoms with Gasteiger partial charge in [0, 0.05) is 5.33 Å². The highest BCUT2D eigenvalue weighted by molar-refractivity contribution is 9.09. The monoisotopic (exact) mass is 496 g/mol. The maximum absolute atomic E-state index is 5.19. The summed E-state index contributed by atoms with van der Waals surface area (Å²) in [4.78, 5) is 9.37. The summed E-state index contributed by atoms with van der Waals surface area (Å²) < 4.78 is 0.789. The van der Waals surface area contributed by atoms with Crippen molar-refractivity contribution in [3.05, 3.63) is 0 Å². The SMILES string of the molecule is C#CCN(C)C.C#CC[N+](C)(C)CCN=C=S.S=C=NCCBr.[Br-]. The molecule has 0 atom stereocenters. The van der Waals surface area contributed by atoms with Gasteiger partial charge in [-0.15, -0.1) is 12.8 Å². The Bertz CT molecular complexity index is 456. The first-order valence-corrected chi connectivity index (χ1v) is 8.72. The molecule has 0 radical (unpaired) electrons. The summed E-state index contributed by atoms with van der Waals surface area (Å²) in [5, 5.41) is 5.45. The zero-order chi connectivity index (χ0) is 18.6. The van der Waals surface area contributed by atoms with E-state index in [0.717, 1.165) is 36.0 Å². The van der Waals surface area contributed by atoms with Crippen LogP contribution in [0.5, 0.6) is 0 Å². The van der Waals surface area contributed by atoms with Crippen LogP contribution in [0.2, 0.25) is 0 Å². The Balaban J connectivity index is -0.000000132. The fraction of sp³-hybridized carbons (Fsp3) is 0.625. The fourth-order valence-electron chi connectivity index (χ4n) is 0.963. The maximum Gasteiger partial charge on any atom is 0.140 e. The van der Waals surface area contributed by atoms with E-state index in [1.165, 1.54) is 0 Å². The summed E-state index contributed by atoms with van der Waals surface area (Å²) in [5.41, 5.74) is 0. The van der Waals surface area contributed by atoms with Crippen LogP contribution >= 0.6 is 40.4 Å². The second-order valence-corrected chi connectivity index (χ2v) is 6.26. The molecule has 0 bridgehead atoms. The molecule has 0 saturated carbocycles. The number of aliphatic imine (C=N–C) groups is 2. The van der Waals surface area contributed by atoms with Gasteiger partial charge in [-0.2, -0.15) is 0 Å². The first kappa shape index (κ1) is 31.4. The minimum Gasteiger partial charge on any atom is -1.00 e. The summed E-state index contributed by atoms with van der Waals surface area (Å²) in [6.45, 7) is 3.82. The molecule has 24 heavy (non-hydrogen) atoms. The third-order valence-corrected chi connectivity index (χ3v) is 2.68. The van der Waals surface area contributed by atoms with E-state index in [1.807, 2.05) is 19.0 Å². The average molecular weight is 498 g/mol. The molecular weight excluding hydrogens is 472 g/mol. The van der Waals surface area contributed by atoms with Gasteiger partial charge in [-0.1, -0.05) is 21.9 Å². The minimum atomic E-state index is 0. The summed E-state index contributed by atoms with van der Waals surface area (Å²) in [6.07, 6.45) is 10.1. The Labute approximate surface area is 177 Å². The third kappa shape index (κ3) is 37.7. The van der Waals surface area contributed by atoms with Gasteiger partial charge in [-0.3, -0.25) is 4.90 Å². The van der Waals surface area contributed by atoms with Gasteiger partial charge in [0.1, 0.15) is 6.54 Å². The quantitative estimate of drug-likeness (QED) is 0.155. The molecule has 4 nitrogen and oxygen atoms in total. The van der Waals surface area contributed by atoms with Gasteiger partial charge in [-0.25, -0.2) is 9.98 Å². The Hall–Kier alpha value is -0.400. The average Bonchev–Trinajstić information content (AvgIpc) is 2.46. The lowest BCUT2D eigenvalue weighted by Crippen LogP contribution is -3.00. The number of alkyl halides is 1. The fourth-order valence-corrected chi connectivity index (χ4v) is 1.32. The molecule has 0 N–H and O–H groups in total. The predicted molar refractivity (Wildman–Crippen MR) is 112 cm³/mol. The Morgan fingerprint density at radius 2 is 1.54 bits per heavy atom. The molecule has 0 aromatic carbocycles. The molecule has 0 rings (SSSR count). The van der Waals surface area contributed by atoms with E-state index in [4.69, 9.17) is 12.8 Å². The lowest BCUT2D eigenvalue weighted by atomic mass is 10.4. The number of thiocarbonyl (C=S) groups is 2. The highest BCUT2D eigenvalue weighted by Crippen LogP contribution is 1.93. The summed E-state index contributed by atoms with van der Waals surface area (Å²) >= 11 is 11.9. The normalized spacial score (nSPS) is 8.33. The molecule has 0 aromatic heterocycles. The molecule has 0 amide bonds. The number of likely N-dealkylation sites (N-methyl/N-ethyl adjacent to an activating group) is 1. The molecular formula is C16H26Br2N4S2. The molecule has 0 saturated heterocycles. The van der Waals surface area contributed by atoms with Crippen LogP contribution in [0.25, 0.3) is 0 Å². The number of hydrogen-bond donors (Lipinski definition) is 0. The maximum atomic E-state index is 5.19. The second-order valence-electron chi connectivity index (χ2n) is 5.10. The van der Waals surface area contributed by atoms with Crippen LogP contribution in [-0.4, -0.2) is 86.0 Å². The van der Waals surface area contributed by atoms with E-state index in [9.17, 15) is 0 Å². The standard InChI is InChI=1S/C8H13N2S.C5H9N.C3H4BrNS.BrH/c1-4-6-10(2,3)7-5-9-8-11;1-4-5-6(2)3;4-1-2-5-3-6;/h1H,5-7H2,2-3H3;1H,5H2,2-3H3;1-2H2;1H/q+1;;;/p-1. The zero-order valence-electron chi connectivity index (χ0n) is 14.8. The first-order valence-electron chi connectivity index (χ1n) is 6.78. The van der Waals surface area contributed by atoms with Crippen LogP contribution in [0.15, 0.2) is 9.98 Å². The van der Waals surface area contributed by atoms with Crippen molar-refractivity contribution in [3.8, 4) is 24.7 Å². The van der Waals surface area contributed by atoms with Gasteiger partial charge in [0.25, 0.3) is 0 Å². The van der Waals surface area contributed by atoms with E-state index in [-0.39, 0.29) is 17.0 Å². The first-order chi connectivity index (χ1) is 10.8. The van der Waals surface area contributed by atoms with Crippen molar-refractivity contribution in [2.24, 2.45) is 9.98 Å². The largest absolute Gasteiger partial charge is 1.00 e. The molecule has 0 aliphatic carbocycles. The number of terminal acetylenes is 2. The van der Waals surface area contributed by atoms with E-state index < -0.39 is 0 Å². The van der Waals surface area contributed by atoms with Gasteiger partial charge in [0.15, 0.2) is 0 Å². The molecule has 0 aliphatic rings. The van der Waals surface area contributed by atoms with Crippen LogP contribution < -0.4 is 17.0 Å². The Morgan fingerprint density at radius 3 is 1.79 bits per heavy atom. The number of isothiocyanates is 2. The summed E-state index contributed by atoms with van der Waals surface area (Å²) in [7, 11) is 8.03. The number of halogens is 2. The van der Waals surface area contributed by atoms with Crippen LogP contribution in [0, 0.1) is 24.7 Å². The molecule has 136 valence electrons. The van der Waals surface area contributed by atoms with Crippen molar-refractivity contribution >= 4 is 50.7 Å². The molecule has 0 fully saturated rings. The smallest absolute Gasteiger partial charge is 0.140 e. The molecule has 0 unspecified atom stereocenters. The minimum absolute atomic E-state index is 0. The van der Waals surface area contributed by atoms with Crippen LogP contribution in [0.1, 0.15) is 0 Å². The number of quaternary nitrogens is 1. The Morgan fingerprint density at radius 1 is 1.04 bits per heavy atom. The van der Waals surface area contributed by atoms with Crippen molar-refractivity contribution < 1.29 is 21.5 Å². The van der Waals surface area contributed by atoms with Crippen LogP contribution in [-0.2, 0) is 0 Å². The van der Waals surface area contributed by atoms with Crippen LogP contribution in [0.3, 0.4) is 0 Å². The molecule has 0 aliphatic heterocycles. The van der Waals surface area contributed by atoms with Crippen molar-refractivity contribution in [2.75, 3.05) is 66.2 Å². The Kier molecular flexibility index (Phi) is 32.5. The third-order valence-electron chi connectivity index (χ3n) is 2.07. The van der Waals surface area contributed by atoms with E-state index in [2.05, 4.69) is 86.6 Å². The number of rotatable bonds is 7. The van der Waals surface area contributed by atoms with Gasteiger partial charge < -0.3 is 21.5 Å². The molecule has 0 aromatic rings. The van der Waals surface area contributed by atoms with Crippen molar-refractivity contribution in [1.29, 1.82) is 0 Å². The van der Waals surface area contributed by atoms with E-state index >= 15 is 0 Å². The van der Waals surface area contributed by atoms with Gasteiger partial charge in [0.05, 0.1) is 50.6 Å². The molecule has 8 heteroatoms. The van der Waals surface area contributed by atoms with E-state index in [1.54, 1.807) is 0 Å². The van der Waals surface area contributed by atoms with E-state index in [0.29, 0.717) is 6.54 Å². The van der Waals surface area contributed by atoms with Crippen molar-refractivity contribution in [1.82, 2.24) is 4.90 Å². The highest BCUT2D eigenvalue weighted by Gasteiger charge is 2.10.